The second-order valence-electron chi connectivity index (χ2n) is 4.32. The molecule has 0 aliphatic heterocycles. The number of hydrogen-bond acceptors (Lipinski definition) is 4. The Morgan fingerprint density at radius 2 is 2.19 bits per heavy atom. The van der Waals surface area contributed by atoms with Crippen LogP contribution in [0.25, 0.3) is 0 Å². The van der Waals surface area contributed by atoms with E-state index in [1.807, 2.05) is 6.07 Å². The van der Waals surface area contributed by atoms with Crippen molar-refractivity contribution in [2.24, 2.45) is 0 Å². The highest BCUT2D eigenvalue weighted by molar-refractivity contribution is 7.87. The van der Waals surface area contributed by atoms with Gasteiger partial charge >= 0.3 is 0 Å². The zero-order chi connectivity index (χ0) is 15.7. The van der Waals surface area contributed by atoms with Gasteiger partial charge in [-0.3, -0.25) is 0 Å². The van der Waals surface area contributed by atoms with Crippen molar-refractivity contribution in [1.29, 1.82) is 0 Å². The molecule has 0 fully saturated rings. The molecule has 0 aliphatic rings. The summed E-state index contributed by atoms with van der Waals surface area (Å²) in [6.07, 6.45) is 0. The van der Waals surface area contributed by atoms with E-state index in [4.69, 9.17) is 9.84 Å². The Morgan fingerprint density at radius 3 is 2.86 bits per heavy atom. The maximum atomic E-state index is 11.8. The van der Waals surface area contributed by atoms with E-state index in [2.05, 4.69) is 21.3 Å². The van der Waals surface area contributed by atoms with E-state index in [0.29, 0.717) is 6.61 Å². The summed E-state index contributed by atoms with van der Waals surface area (Å²) in [5.74, 6) is 5.34. The van der Waals surface area contributed by atoms with Crippen molar-refractivity contribution in [3.05, 3.63) is 35.4 Å². The Hall–Kier alpha value is -1.43. The lowest BCUT2D eigenvalue weighted by atomic mass is 10.1. The normalized spacial score (nSPS) is 12.5. The lowest BCUT2D eigenvalue weighted by Gasteiger charge is -2.15. The quantitative estimate of drug-likeness (QED) is 0.494. The van der Waals surface area contributed by atoms with E-state index in [1.54, 1.807) is 25.1 Å². The fraction of sp³-hybridized carbons (Fsp3) is 0.429. The fourth-order valence-corrected chi connectivity index (χ4v) is 2.68. The average molecular weight is 312 g/mol. The highest BCUT2D eigenvalue weighted by atomic mass is 32.2. The predicted molar refractivity (Wildman–Crippen MR) is 80.8 cm³/mol. The molecule has 1 atom stereocenters. The molecule has 0 amide bonds. The van der Waals surface area contributed by atoms with Gasteiger partial charge in [0.2, 0.25) is 0 Å². The first-order valence-corrected chi connectivity index (χ1v) is 7.92. The molecular weight excluding hydrogens is 292 g/mol. The standard InChI is InChI=1S/C14H20N2O4S/c1-12(16-21(18,19)15-8-10-20-2)14-7-3-5-13(11-14)6-4-9-17/h3,5,7,11-12,15-17H,8-10H2,1-2H3. The number of aliphatic hydroxyl groups excluding tert-OH is 1. The minimum Gasteiger partial charge on any atom is -0.384 e. The lowest BCUT2D eigenvalue weighted by molar-refractivity contribution is 0.204. The Morgan fingerprint density at radius 1 is 1.43 bits per heavy atom. The molecule has 1 rings (SSSR count). The topological polar surface area (TPSA) is 87.7 Å². The Balaban J connectivity index is 2.72. The second kappa shape index (κ2) is 8.77. The summed E-state index contributed by atoms with van der Waals surface area (Å²) in [7, 11) is -2.08. The van der Waals surface area contributed by atoms with Crippen molar-refractivity contribution in [2.75, 3.05) is 26.9 Å². The molecule has 0 aliphatic carbocycles. The summed E-state index contributed by atoms with van der Waals surface area (Å²) in [4.78, 5) is 0. The number of aliphatic hydroxyl groups is 1. The van der Waals surface area contributed by atoms with E-state index in [-0.39, 0.29) is 13.2 Å². The van der Waals surface area contributed by atoms with Crippen LogP contribution in [0.3, 0.4) is 0 Å². The summed E-state index contributed by atoms with van der Waals surface area (Å²) in [6.45, 7) is 2.05. The van der Waals surface area contributed by atoms with E-state index in [0.717, 1.165) is 11.1 Å². The SMILES string of the molecule is COCCNS(=O)(=O)NC(C)c1cccc(C#CCO)c1. The fourth-order valence-electron chi connectivity index (χ4n) is 1.65. The van der Waals surface area contributed by atoms with Crippen molar-refractivity contribution < 1.29 is 18.3 Å². The van der Waals surface area contributed by atoms with Crippen LogP contribution in [0.1, 0.15) is 24.1 Å². The van der Waals surface area contributed by atoms with Crippen molar-refractivity contribution in [1.82, 2.24) is 9.44 Å². The second-order valence-corrected chi connectivity index (χ2v) is 5.85. The summed E-state index contributed by atoms with van der Waals surface area (Å²) < 4.78 is 33.3. The van der Waals surface area contributed by atoms with E-state index in [9.17, 15) is 8.42 Å². The van der Waals surface area contributed by atoms with Crippen molar-refractivity contribution in [3.63, 3.8) is 0 Å². The van der Waals surface area contributed by atoms with Crippen LogP contribution in [0, 0.1) is 11.8 Å². The minimum absolute atomic E-state index is 0.209. The molecule has 0 radical (unpaired) electrons. The first kappa shape index (κ1) is 17.6. The number of benzene rings is 1. The van der Waals surface area contributed by atoms with Gasteiger partial charge in [-0.05, 0) is 24.6 Å². The Kier molecular flexibility index (Phi) is 7.36. The predicted octanol–water partition coefficient (Wildman–Crippen LogP) is 0.162. The third-order valence-electron chi connectivity index (χ3n) is 2.63. The summed E-state index contributed by atoms with van der Waals surface area (Å²) in [5.41, 5.74) is 1.51. The minimum atomic E-state index is -3.59. The monoisotopic (exact) mass is 312 g/mol. The number of hydrogen-bond donors (Lipinski definition) is 3. The lowest BCUT2D eigenvalue weighted by Crippen LogP contribution is -2.39. The van der Waals surface area contributed by atoms with E-state index < -0.39 is 16.3 Å². The molecule has 6 nitrogen and oxygen atoms in total. The van der Waals surface area contributed by atoms with Crippen LogP contribution in [0.2, 0.25) is 0 Å². The van der Waals surface area contributed by atoms with E-state index in [1.165, 1.54) is 7.11 Å². The highest BCUT2D eigenvalue weighted by Crippen LogP contribution is 2.14. The average Bonchev–Trinajstić information content (AvgIpc) is 2.45. The maximum Gasteiger partial charge on any atom is 0.277 e. The van der Waals surface area contributed by atoms with Gasteiger partial charge in [0.1, 0.15) is 6.61 Å². The molecule has 3 N–H and O–H groups in total. The molecule has 1 unspecified atom stereocenters. The van der Waals surface area contributed by atoms with Crippen LogP contribution >= 0.6 is 0 Å². The zero-order valence-electron chi connectivity index (χ0n) is 12.1. The Labute approximate surface area is 125 Å². The molecule has 7 heteroatoms. The van der Waals surface area contributed by atoms with Gasteiger partial charge in [-0.25, -0.2) is 0 Å². The van der Waals surface area contributed by atoms with Gasteiger partial charge in [0.05, 0.1) is 6.61 Å². The van der Waals surface area contributed by atoms with Crippen LogP contribution < -0.4 is 9.44 Å². The highest BCUT2D eigenvalue weighted by Gasteiger charge is 2.15. The smallest absolute Gasteiger partial charge is 0.277 e. The largest absolute Gasteiger partial charge is 0.384 e. The number of rotatable bonds is 7. The van der Waals surface area contributed by atoms with E-state index >= 15 is 0 Å². The molecule has 0 saturated carbocycles. The van der Waals surface area contributed by atoms with Crippen molar-refractivity contribution >= 4 is 10.2 Å². The summed E-state index contributed by atoms with van der Waals surface area (Å²) in [5, 5.41) is 8.68. The van der Waals surface area contributed by atoms with Crippen LogP contribution in [0.4, 0.5) is 0 Å². The molecule has 1 aromatic rings. The van der Waals surface area contributed by atoms with Crippen LogP contribution in [-0.4, -0.2) is 40.4 Å². The Bertz CT molecular complexity index is 605. The van der Waals surface area contributed by atoms with Gasteiger partial charge in [-0.1, -0.05) is 24.0 Å². The van der Waals surface area contributed by atoms with Gasteiger partial charge in [0.25, 0.3) is 10.2 Å². The third-order valence-corrected chi connectivity index (χ3v) is 3.88. The molecule has 0 heterocycles. The van der Waals surface area contributed by atoms with Gasteiger partial charge in [-0.15, -0.1) is 0 Å². The van der Waals surface area contributed by atoms with Crippen LogP contribution in [0.5, 0.6) is 0 Å². The molecule has 21 heavy (non-hydrogen) atoms. The van der Waals surface area contributed by atoms with Crippen molar-refractivity contribution in [3.8, 4) is 11.8 Å². The third kappa shape index (κ3) is 6.71. The van der Waals surface area contributed by atoms with Gasteiger partial charge in [0, 0.05) is 25.3 Å². The first-order chi connectivity index (χ1) is 9.98. The zero-order valence-corrected chi connectivity index (χ0v) is 12.9. The maximum absolute atomic E-state index is 11.8. The van der Waals surface area contributed by atoms with Gasteiger partial charge in [0.15, 0.2) is 0 Å². The van der Waals surface area contributed by atoms with Crippen LogP contribution in [0.15, 0.2) is 24.3 Å². The molecule has 1 aromatic carbocycles. The molecule has 0 bridgehead atoms. The molecule has 0 saturated heterocycles. The number of methoxy groups -OCH3 is 1. The summed E-state index contributed by atoms with van der Waals surface area (Å²) >= 11 is 0. The number of ether oxygens (including phenoxy) is 1. The molecule has 0 spiro atoms. The van der Waals surface area contributed by atoms with Crippen LogP contribution in [-0.2, 0) is 14.9 Å². The summed E-state index contributed by atoms with van der Waals surface area (Å²) in [6, 6.07) is 6.78. The first-order valence-electron chi connectivity index (χ1n) is 6.44. The van der Waals surface area contributed by atoms with Gasteiger partial charge in [-0.2, -0.15) is 17.9 Å². The molecule has 116 valence electrons. The number of nitrogens with one attached hydrogen (secondary N) is 2. The molecule has 0 aromatic heterocycles. The van der Waals surface area contributed by atoms with Crippen molar-refractivity contribution in [2.45, 2.75) is 13.0 Å². The van der Waals surface area contributed by atoms with Gasteiger partial charge < -0.3 is 9.84 Å². The molecular formula is C14H20N2O4S.